The summed E-state index contributed by atoms with van der Waals surface area (Å²) < 4.78 is 10.9. The third kappa shape index (κ3) is 3.47. The van der Waals surface area contributed by atoms with Gasteiger partial charge in [0.25, 0.3) is 5.91 Å². The van der Waals surface area contributed by atoms with Crippen LogP contribution in [0.15, 0.2) is 75.9 Å². The van der Waals surface area contributed by atoms with Gasteiger partial charge >= 0.3 is 5.63 Å². The van der Waals surface area contributed by atoms with Gasteiger partial charge in [0.15, 0.2) is 0 Å². The lowest BCUT2D eigenvalue weighted by molar-refractivity contribution is 0.102. The molecule has 0 unspecified atom stereocenters. The van der Waals surface area contributed by atoms with Crippen molar-refractivity contribution in [1.82, 2.24) is 0 Å². The molecule has 140 valence electrons. The van der Waals surface area contributed by atoms with Crippen molar-refractivity contribution >= 4 is 33.3 Å². The maximum atomic E-state index is 12.7. The fourth-order valence-corrected chi connectivity index (χ4v) is 3.08. The van der Waals surface area contributed by atoms with E-state index < -0.39 is 11.5 Å². The average Bonchev–Trinajstić information content (AvgIpc) is 2.71. The molecule has 0 aliphatic carbocycles. The molecular weight excluding hydrogens is 354 g/mol. The molecule has 0 saturated heterocycles. The molecule has 0 radical (unpaired) electrons. The quantitative estimate of drug-likeness (QED) is 0.501. The van der Waals surface area contributed by atoms with Crippen LogP contribution < -0.4 is 15.7 Å². The number of anilines is 1. The van der Waals surface area contributed by atoms with Gasteiger partial charge in [0.2, 0.25) is 0 Å². The van der Waals surface area contributed by atoms with Crippen molar-refractivity contribution in [2.75, 3.05) is 11.9 Å². The van der Waals surface area contributed by atoms with Gasteiger partial charge in [-0.05, 0) is 36.1 Å². The van der Waals surface area contributed by atoms with E-state index in [1.807, 2.05) is 43.3 Å². The highest BCUT2D eigenvalue weighted by Crippen LogP contribution is 2.24. The number of rotatable bonds is 5. The summed E-state index contributed by atoms with van der Waals surface area (Å²) in [6, 6.07) is 20.1. The van der Waals surface area contributed by atoms with E-state index >= 15 is 0 Å². The summed E-state index contributed by atoms with van der Waals surface area (Å²) in [6.45, 7) is 2.60. The fraction of sp³-hybridized carbons (Fsp3) is 0.130. The van der Waals surface area contributed by atoms with Crippen LogP contribution in [0, 0.1) is 0 Å². The smallest absolute Gasteiger partial charge is 0.349 e. The highest BCUT2D eigenvalue weighted by molar-refractivity contribution is 6.09. The molecule has 28 heavy (non-hydrogen) atoms. The molecule has 0 atom stereocenters. The van der Waals surface area contributed by atoms with E-state index in [0.717, 1.165) is 17.2 Å². The number of amides is 1. The highest BCUT2D eigenvalue weighted by Gasteiger charge is 2.15. The van der Waals surface area contributed by atoms with Crippen LogP contribution in [0.1, 0.15) is 23.7 Å². The Bertz CT molecular complexity index is 1220. The second-order valence-electron chi connectivity index (χ2n) is 6.48. The largest absolute Gasteiger partial charge is 0.493 e. The van der Waals surface area contributed by atoms with Gasteiger partial charge in [-0.1, -0.05) is 43.3 Å². The first-order valence-electron chi connectivity index (χ1n) is 9.15. The monoisotopic (exact) mass is 373 g/mol. The molecule has 4 rings (SSSR count). The van der Waals surface area contributed by atoms with E-state index in [4.69, 9.17) is 9.15 Å². The zero-order valence-electron chi connectivity index (χ0n) is 15.4. The number of ether oxygens (including phenoxy) is 1. The summed E-state index contributed by atoms with van der Waals surface area (Å²) in [6.07, 6.45) is 0.884. The number of carbonyl (C=O) groups excluding carboxylic acids is 1. The van der Waals surface area contributed by atoms with Crippen molar-refractivity contribution in [3.8, 4) is 5.75 Å². The Kier molecular flexibility index (Phi) is 4.81. The summed E-state index contributed by atoms with van der Waals surface area (Å²) in [4.78, 5) is 25.1. The number of benzene rings is 3. The van der Waals surface area contributed by atoms with Gasteiger partial charge in [-0.2, -0.15) is 0 Å². The van der Waals surface area contributed by atoms with Gasteiger partial charge in [-0.15, -0.1) is 0 Å². The summed E-state index contributed by atoms with van der Waals surface area (Å²) in [5.74, 6) is 0.128. The molecule has 1 N–H and O–H groups in total. The van der Waals surface area contributed by atoms with Crippen molar-refractivity contribution < 1.29 is 13.9 Å². The minimum atomic E-state index is -0.683. The van der Waals surface area contributed by atoms with E-state index in [9.17, 15) is 9.59 Å². The average molecular weight is 373 g/mol. The lowest BCUT2D eigenvalue weighted by Crippen LogP contribution is -2.20. The number of nitrogens with one attached hydrogen (secondary N) is 1. The van der Waals surface area contributed by atoms with Crippen LogP contribution in [-0.4, -0.2) is 12.5 Å². The molecule has 1 amide bonds. The first-order chi connectivity index (χ1) is 13.7. The van der Waals surface area contributed by atoms with E-state index in [-0.39, 0.29) is 5.56 Å². The molecule has 0 aliphatic rings. The van der Waals surface area contributed by atoms with E-state index in [0.29, 0.717) is 29.0 Å². The standard InChI is InChI=1S/C23H19NO4/c1-2-12-27-17-11-10-16-13-19(23(26)28-21(16)14-17)22(25)24-20-9-5-7-15-6-3-4-8-18(15)20/h3-11,13-14H,2,12H2,1H3,(H,24,25). The number of hydrogen-bond acceptors (Lipinski definition) is 4. The van der Waals surface area contributed by atoms with Crippen molar-refractivity contribution in [3.05, 3.63) is 82.7 Å². The Hall–Kier alpha value is -3.60. The Morgan fingerprint density at radius 2 is 1.82 bits per heavy atom. The fourth-order valence-electron chi connectivity index (χ4n) is 3.08. The molecule has 0 spiro atoms. The maximum Gasteiger partial charge on any atom is 0.349 e. The molecule has 4 aromatic rings. The first-order valence-corrected chi connectivity index (χ1v) is 9.15. The number of carbonyl (C=O) groups is 1. The minimum absolute atomic E-state index is 0.0392. The lowest BCUT2D eigenvalue weighted by Gasteiger charge is -2.09. The molecule has 1 heterocycles. The molecule has 0 aliphatic heterocycles. The highest BCUT2D eigenvalue weighted by atomic mass is 16.5. The maximum absolute atomic E-state index is 12.7. The number of fused-ring (bicyclic) bond motifs is 2. The van der Waals surface area contributed by atoms with Gasteiger partial charge < -0.3 is 14.5 Å². The van der Waals surface area contributed by atoms with Crippen molar-refractivity contribution in [1.29, 1.82) is 0 Å². The van der Waals surface area contributed by atoms with Crippen molar-refractivity contribution in [2.45, 2.75) is 13.3 Å². The van der Waals surface area contributed by atoms with E-state index in [1.165, 1.54) is 0 Å². The lowest BCUT2D eigenvalue weighted by atomic mass is 10.1. The van der Waals surface area contributed by atoms with Gasteiger partial charge in [0.05, 0.1) is 6.61 Å². The summed E-state index contributed by atoms with van der Waals surface area (Å²) in [7, 11) is 0. The van der Waals surface area contributed by atoms with Gasteiger partial charge in [0.1, 0.15) is 16.9 Å². The minimum Gasteiger partial charge on any atom is -0.493 e. The SMILES string of the molecule is CCCOc1ccc2cc(C(=O)Nc3cccc4ccccc34)c(=O)oc2c1. The van der Waals surface area contributed by atoms with Gasteiger partial charge in [0, 0.05) is 22.5 Å². The molecule has 1 aromatic heterocycles. The Morgan fingerprint density at radius 3 is 2.68 bits per heavy atom. The summed E-state index contributed by atoms with van der Waals surface area (Å²) in [5.41, 5.74) is 0.312. The third-order valence-corrected chi connectivity index (χ3v) is 4.46. The van der Waals surface area contributed by atoms with Crippen LogP contribution in [0.5, 0.6) is 5.75 Å². The van der Waals surface area contributed by atoms with Crippen LogP contribution in [0.3, 0.4) is 0 Å². The predicted octanol–water partition coefficient (Wildman–Crippen LogP) is 4.99. The second-order valence-corrected chi connectivity index (χ2v) is 6.48. The zero-order chi connectivity index (χ0) is 19.5. The predicted molar refractivity (Wildman–Crippen MR) is 110 cm³/mol. The van der Waals surface area contributed by atoms with Crippen molar-refractivity contribution in [2.24, 2.45) is 0 Å². The van der Waals surface area contributed by atoms with Crippen molar-refractivity contribution in [3.63, 3.8) is 0 Å². The van der Waals surface area contributed by atoms with E-state index in [1.54, 1.807) is 30.3 Å². The molecular formula is C23H19NO4. The van der Waals surface area contributed by atoms with E-state index in [2.05, 4.69) is 5.32 Å². The molecule has 5 nitrogen and oxygen atoms in total. The Balaban J connectivity index is 1.67. The third-order valence-electron chi connectivity index (χ3n) is 4.46. The normalized spacial score (nSPS) is 10.9. The van der Waals surface area contributed by atoms with Crippen LogP contribution in [0.4, 0.5) is 5.69 Å². The topological polar surface area (TPSA) is 68.5 Å². The van der Waals surface area contributed by atoms with Gasteiger partial charge in [-0.25, -0.2) is 4.79 Å². The summed E-state index contributed by atoms with van der Waals surface area (Å²) >= 11 is 0. The summed E-state index contributed by atoms with van der Waals surface area (Å²) in [5, 5.41) is 5.39. The Morgan fingerprint density at radius 1 is 1.00 bits per heavy atom. The second kappa shape index (κ2) is 7.56. The molecule has 3 aromatic carbocycles. The Labute approximate surface area is 161 Å². The molecule has 0 bridgehead atoms. The van der Waals surface area contributed by atoms with Crippen LogP contribution in [0.25, 0.3) is 21.7 Å². The zero-order valence-corrected chi connectivity index (χ0v) is 15.4. The number of hydrogen-bond donors (Lipinski definition) is 1. The molecule has 0 fully saturated rings. The molecule has 0 saturated carbocycles. The van der Waals surface area contributed by atoms with Crippen LogP contribution in [-0.2, 0) is 0 Å². The van der Waals surface area contributed by atoms with Gasteiger partial charge in [-0.3, -0.25) is 4.79 Å². The van der Waals surface area contributed by atoms with Crippen LogP contribution >= 0.6 is 0 Å². The van der Waals surface area contributed by atoms with Crippen LogP contribution in [0.2, 0.25) is 0 Å². The first kappa shape index (κ1) is 17.8. The molecule has 5 heteroatoms.